The van der Waals surface area contributed by atoms with Crippen LogP contribution < -0.4 is 20.6 Å². The molecule has 12 nitrogen and oxygen atoms in total. The lowest BCUT2D eigenvalue weighted by Crippen LogP contribution is -2.23. The predicted octanol–water partition coefficient (Wildman–Crippen LogP) is 0.0298. The van der Waals surface area contributed by atoms with E-state index < -0.39 is 41.6 Å². The fraction of sp³-hybridized carbons (Fsp3) is 1.00. The van der Waals surface area contributed by atoms with Crippen LogP contribution in [0.15, 0.2) is 0 Å². The molecule has 0 aliphatic heterocycles. The van der Waals surface area contributed by atoms with Crippen LogP contribution in [0.1, 0.15) is 29.7 Å². The van der Waals surface area contributed by atoms with E-state index in [4.69, 9.17) is 8.42 Å². The Morgan fingerprint density at radius 2 is 0.667 bits per heavy atom. The number of nitrogens with two attached hydrogens (primary N) is 2. The van der Waals surface area contributed by atoms with Gasteiger partial charge >= 0.3 is 31.4 Å². The van der Waals surface area contributed by atoms with Crippen LogP contribution in [0.4, 0.5) is 15.5 Å². The molecular weight excluding hydrogens is 436 g/mol. The minimum atomic E-state index is -5.67. The Morgan fingerprint density at radius 3 is 0.667 bits per heavy atom. The first kappa shape index (κ1) is 49.5. The summed E-state index contributed by atoms with van der Waals surface area (Å²) in [5.74, 6) is 0. The highest BCUT2D eigenvalue weighted by Crippen LogP contribution is 1.90. The van der Waals surface area contributed by atoms with Crippen molar-refractivity contribution in [1.29, 1.82) is 0 Å². The highest BCUT2D eigenvalue weighted by molar-refractivity contribution is 7.99. The zero-order valence-electron chi connectivity index (χ0n) is 8.77. The van der Waals surface area contributed by atoms with E-state index in [9.17, 15) is 40.8 Å². The molecule has 0 saturated heterocycles. The van der Waals surface area contributed by atoms with Gasteiger partial charge in [0.2, 0.25) is 0 Å². The van der Waals surface area contributed by atoms with Crippen LogP contribution in [-0.2, 0) is 41.6 Å². The number of nitrogens with one attached hydrogen (secondary N) is 1. The lowest BCUT2D eigenvalue weighted by atomic mass is 12.0. The second kappa shape index (κ2) is 17.2. The number of halogens is 4. The van der Waals surface area contributed by atoms with E-state index in [1.807, 2.05) is 0 Å². The zero-order chi connectivity index (χ0) is 16.7. The molecule has 24 heavy (non-hydrogen) atoms. The van der Waals surface area contributed by atoms with Gasteiger partial charge in [0, 0.05) is 0 Å². The Bertz CT molecular complexity index is 598. The lowest BCUT2D eigenvalue weighted by Gasteiger charge is -1.87. The molecule has 0 fully saturated rings. The molecule has 0 aromatic rings. The van der Waals surface area contributed by atoms with Crippen molar-refractivity contribution in [3.63, 3.8) is 0 Å². The number of hydrogen-bond donors (Lipinski definition) is 4. The first-order valence-electron chi connectivity index (χ1n) is 2.83. The van der Waals surface area contributed by atoms with Crippen molar-refractivity contribution >= 4 is 41.6 Å². The highest BCUT2D eigenvalue weighted by Gasteiger charge is 2.17. The van der Waals surface area contributed by atoms with E-state index in [1.165, 1.54) is 0 Å². The van der Waals surface area contributed by atoms with Crippen LogP contribution in [0.2, 0.25) is 0 Å². The fourth-order valence-corrected chi connectivity index (χ4v) is 1.07. The molecule has 0 spiro atoms. The maximum atomic E-state index is 11.1. The summed E-state index contributed by atoms with van der Waals surface area (Å²) in [6.45, 7) is 0. The molecule has 0 radical (unpaired) electrons. The molecule has 0 amide bonds. The van der Waals surface area contributed by atoms with E-state index in [0.29, 0.717) is 0 Å². The molecule has 0 rings (SSSR count). The van der Waals surface area contributed by atoms with E-state index in [0.717, 1.165) is 0 Å². The van der Waals surface area contributed by atoms with Gasteiger partial charge in [0.15, 0.2) is 0 Å². The molecule has 160 valence electrons. The molecular formula is C4H24F4N4O8S4. The summed E-state index contributed by atoms with van der Waals surface area (Å²) < 4.78 is 114. The van der Waals surface area contributed by atoms with Gasteiger partial charge in [-0.15, -0.1) is 0 Å². The molecule has 0 aromatic heterocycles. The average Bonchev–Trinajstić information content (AvgIpc) is 1.63. The summed E-state index contributed by atoms with van der Waals surface area (Å²) in [6.07, 6.45) is 0. The summed E-state index contributed by atoms with van der Waals surface area (Å²) in [7, 11) is -20.3. The minimum absolute atomic E-state index is 0. The van der Waals surface area contributed by atoms with Gasteiger partial charge in [0.05, 0.1) is 0 Å². The van der Waals surface area contributed by atoms with Gasteiger partial charge in [-0.3, -0.25) is 0 Å². The number of hydrogen-bond acceptors (Lipinski definition) is 9. The van der Waals surface area contributed by atoms with Gasteiger partial charge in [-0.1, -0.05) is 49.4 Å². The first-order chi connectivity index (χ1) is 7.71. The van der Waals surface area contributed by atoms with Crippen LogP contribution in [0.5, 0.6) is 0 Å². The fourth-order valence-electron chi connectivity index (χ4n) is 0.119. The highest BCUT2D eigenvalue weighted by atomic mass is 32.3. The van der Waals surface area contributed by atoms with Crippen molar-refractivity contribution in [3.8, 4) is 0 Å². The molecule has 0 aromatic carbocycles. The maximum absolute atomic E-state index is 11.1. The van der Waals surface area contributed by atoms with Gasteiger partial charge < -0.3 is 6.15 Å². The summed E-state index contributed by atoms with van der Waals surface area (Å²) in [5.41, 5.74) is 0. The van der Waals surface area contributed by atoms with Crippen LogP contribution >= 0.6 is 0 Å². The Labute approximate surface area is 141 Å². The van der Waals surface area contributed by atoms with Crippen molar-refractivity contribution in [2.24, 2.45) is 10.3 Å². The number of rotatable bonds is 2. The molecule has 0 atom stereocenters. The van der Waals surface area contributed by atoms with Crippen molar-refractivity contribution in [2.45, 2.75) is 29.7 Å². The Hall–Kier alpha value is -0.640. The Balaban J connectivity index is -0.0000000255. The van der Waals surface area contributed by atoms with E-state index >= 15 is 0 Å². The molecule has 0 saturated carbocycles. The smallest absolute Gasteiger partial charge is 0.344 e. The van der Waals surface area contributed by atoms with Crippen LogP contribution in [0, 0.1) is 0 Å². The van der Waals surface area contributed by atoms with Gasteiger partial charge in [0.25, 0.3) is 10.2 Å². The van der Waals surface area contributed by atoms with Gasteiger partial charge in [-0.25, -0.2) is 10.3 Å². The third-order valence-electron chi connectivity index (χ3n) is 0.199. The topological polar surface area (TPSA) is 236 Å². The monoisotopic (exact) mass is 460 g/mol. The van der Waals surface area contributed by atoms with Crippen LogP contribution in [-0.4, -0.2) is 33.7 Å². The van der Waals surface area contributed by atoms with Gasteiger partial charge in [-0.2, -0.15) is 33.7 Å². The minimum Gasteiger partial charge on any atom is -0.344 e. The molecule has 0 unspecified atom stereocenters. The predicted molar refractivity (Wildman–Crippen MR) is 83.6 cm³/mol. The second-order valence-corrected chi connectivity index (χ2v) is 6.28. The van der Waals surface area contributed by atoms with Gasteiger partial charge in [0.1, 0.15) is 0 Å². The van der Waals surface area contributed by atoms with Crippen LogP contribution in [0.3, 0.4) is 0 Å². The normalized spacial score (nSPS) is 9.92. The summed E-state index contributed by atoms with van der Waals surface area (Å²) >= 11 is 0. The second-order valence-electron chi connectivity index (χ2n) is 1.93. The van der Waals surface area contributed by atoms with E-state index in [2.05, 4.69) is 10.3 Å². The lowest BCUT2D eigenvalue weighted by molar-refractivity contribution is 0.501. The van der Waals surface area contributed by atoms with Crippen molar-refractivity contribution < 1.29 is 49.2 Å². The molecule has 8 N–H and O–H groups in total. The van der Waals surface area contributed by atoms with Crippen LogP contribution in [0.25, 0.3) is 0 Å². The molecule has 0 heterocycles. The van der Waals surface area contributed by atoms with E-state index in [-0.39, 0.29) is 40.0 Å². The SMILES string of the molecule is C.C.C.C.N.NS(N)(=O)=O.O=S(=O)(F)F.O=S(=O)(F)NS(=O)(=O)F. The molecule has 0 aliphatic rings. The molecule has 20 heteroatoms. The average molecular weight is 461 g/mol. The summed E-state index contributed by atoms with van der Waals surface area (Å²) in [6, 6.07) is 0. The molecule has 0 aliphatic carbocycles. The van der Waals surface area contributed by atoms with Crippen molar-refractivity contribution in [1.82, 2.24) is 10.3 Å². The quantitative estimate of drug-likeness (QED) is 0.320. The van der Waals surface area contributed by atoms with Crippen molar-refractivity contribution in [2.75, 3.05) is 0 Å². The Morgan fingerprint density at radius 1 is 0.583 bits per heavy atom. The standard InChI is InChI=1S/4CH4.F2HNO4S2.F2O2S.H4N2O2S.H3N/c;;;;1-8(4,5)3-9(2,6)7;2*1-5(2,3)4;/h4*1H4;3H;;(H4,1,2,3,4);1H3. The zero-order valence-corrected chi connectivity index (χ0v) is 12.0. The Kier molecular flexibility index (Phi) is 35.5. The third-order valence-corrected chi connectivity index (χ3v) is 1.79. The van der Waals surface area contributed by atoms with E-state index in [1.54, 1.807) is 0 Å². The summed E-state index contributed by atoms with van der Waals surface area (Å²) in [4.78, 5) is 0. The maximum Gasteiger partial charge on any atom is 0.476 e. The van der Waals surface area contributed by atoms with Gasteiger partial charge in [-0.05, 0) is 0 Å². The largest absolute Gasteiger partial charge is 0.476 e. The van der Waals surface area contributed by atoms with Crippen molar-refractivity contribution in [3.05, 3.63) is 0 Å². The molecule has 0 bridgehead atoms. The third kappa shape index (κ3) is 308. The first-order valence-corrected chi connectivity index (χ1v) is 8.49. The summed E-state index contributed by atoms with van der Waals surface area (Å²) in [5, 5.41) is 8.21.